The second-order valence-electron chi connectivity index (χ2n) is 4.73. The molecule has 1 atom stereocenters. The van der Waals surface area contributed by atoms with E-state index in [1.807, 2.05) is 4.90 Å². The van der Waals surface area contributed by atoms with Gasteiger partial charge in [-0.3, -0.25) is 4.79 Å². The van der Waals surface area contributed by atoms with Crippen molar-refractivity contribution < 1.29 is 18.0 Å². The number of alkyl halides is 3. The van der Waals surface area contributed by atoms with Crippen molar-refractivity contribution in [1.29, 1.82) is 0 Å². The van der Waals surface area contributed by atoms with Crippen LogP contribution in [0.2, 0.25) is 0 Å². The van der Waals surface area contributed by atoms with Gasteiger partial charge in [-0.2, -0.15) is 13.2 Å². The fourth-order valence-electron chi connectivity index (χ4n) is 2.31. The summed E-state index contributed by atoms with van der Waals surface area (Å²) in [5.41, 5.74) is 5.30. The Balaban J connectivity index is 2.12. The van der Waals surface area contributed by atoms with Crippen molar-refractivity contribution in [3.8, 4) is 0 Å². The van der Waals surface area contributed by atoms with Crippen LogP contribution in [0, 0.1) is 5.92 Å². The van der Waals surface area contributed by atoms with Crippen LogP contribution >= 0.6 is 0 Å². The van der Waals surface area contributed by atoms with Crippen LogP contribution in [0.5, 0.6) is 0 Å². The molecule has 0 bridgehead atoms. The molecule has 1 saturated heterocycles. The molecule has 1 amide bonds. The van der Waals surface area contributed by atoms with Crippen molar-refractivity contribution in [2.24, 2.45) is 11.7 Å². The summed E-state index contributed by atoms with van der Waals surface area (Å²) in [5.74, 6) is -0.576. The van der Waals surface area contributed by atoms with Gasteiger partial charge in [-0.15, -0.1) is 0 Å². The maximum Gasteiger partial charge on any atom is 0.416 e. The number of rotatable bonds is 2. The highest BCUT2D eigenvalue weighted by molar-refractivity contribution is 5.77. The predicted octanol–water partition coefficient (Wildman–Crippen LogP) is 2.41. The zero-order valence-electron chi connectivity index (χ0n) is 10.3. The third kappa shape index (κ3) is 3.19. The molecule has 0 saturated carbocycles. The van der Waals surface area contributed by atoms with E-state index in [4.69, 9.17) is 5.73 Å². The number of nitrogens with two attached hydrogens (primary N) is 1. The van der Waals surface area contributed by atoms with Crippen molar-refractivity contribution in [3.05, 3.63) is 29.8 Å². The van der Waals surface area contributed by atoms with Crippen LogP contribution < -0.4 is 10.6 Å². The lowest BCUT2D eigenvalue weighted by atomic mass is 9.97. The largest absolute Gasteiger partial charge is 0.416 e. The monoisotopic (exact) mass is 272 g/mol. The van der Waals surface area contributed by atoms with E-state index in [0.717, 1.165) is 31.5 Å². The molecule has 0 radical (unpaired) electrons. The van der Waals surface area contributed by atoms with Crippen LogP contribution in [-0.2, 0) is 11.0 Å². The van der Waals surface area contributed by atoms with Gasteiger partial charge in [-0.1, -0.05) is 0 Å². The van der Waals surface area contributed by atoms with Gasteiger partial charge in [0.1, 0.15) is 0 Å². The molecule has 19 heavy (non-hydrogen) atoms. The third-order valence-corrected chi connectivity index (χ3v) is 3.38. The van der Waals surface area contributed by atoms with Crippen LogP contribution in [0.3, 0.4) is 0 Å². The van der Waals surface area contributed by atoms with Gasteiger partial charge in [-0.05, 0) is 37.1 Å². The SMILES string of the molecule is NC(=O)C1CCCN(c2ccc(C(F)(F)F)cc2)C1. The van der Waals surface area contributed by atoms with Crippen molar-refractivity contribution in [3.63, 3.8) is 0 Å². The van der Waals surface area contributed by atoms with E-state index in [9.17, 15) is 18.0 Å². The normalized spacial score (nSPS) is 20.4. The number of carbonyl (C=O) groups excluding carboxylic acids is 1. The number of hydrogen-bond acceptors (Lipinski definition) is 2. The number of amides is 1. The minimum absolute atomic E-state index is 0.226. The molecule has 0 spiro atoms. The lowest BCUT2D eigenvalue weighted by Gasteiger charge is -2.33. The average molecular weight is 272 g/mol. The summed E-state index contributed by atoms with van der Waals surface area (Å²) in [6, 6.07) is 4.99. The highest BCUT2D eigenvalue weighted by Gasteiger charge is 2.30. The quantitative estimate of drug-likeness (QED) is 0.898. The Morgan fingerprint density at radius 3 is 2.42 bits per heavy atom. The van der Waals surface area contributed by atoms with Crippen molar-refractivity contribution in [1.82, 2.24) is 0 Å². The van der Waals surface area contributed by atoms with Crippen LogP contribution in [0.1, 0.15) is 18.4 Å². The van der Waals surface area contributed by atoms with E-state index in [1.54, 1.807) is 0 Å². The fraction of sp³-hybridized carbons (Fsp3) is 0.462. The van der Waals surface area contributed by atoms with Gasteiger partial charge in [0.05, 0.1) is 11.5 Å². The zero-order valence-corrected chi connectivity index (χ0v) is 10.3. The number of primary amides is 1. The van der Waals surface area contributed by atoms with Crippen molar-refractivity contribution in [2.45, 2.75) is 19.0 Å². The second-order valence-corrected chi connectivity index (χ2v) is 4.73. The summed E-state index contributed by atoms with van der Waals surface area (Å²) in [4.78, 5) is 13.1. The molecule has 1 aliphatic rings. The molecule has 104 valence electrons. The molecule has 1 aromatic rings. The summed E-state index contributed by atoms with van der Waals surface area (Å²) in [5, 5.41) is 0. The molecule has 0 aliphatic carbocycles. The summed E-state index contributed by atoms with van der Waals surface area (Å²) in [6.45, 7) is 1.20. The first-order chi connectivity index (χ1) is 8.88. The third-order valence-electron chi connectivity index (χ3n) is 3.38. The molecule has 0 aromatic heterocycles. The Labute approximate surface area is 109 Å². The summed E-state index contributed by atoms with van der Waals surface area (Å²) in [6.07, 6.45) is -2.77. The molecular weight excluding hydrogens is 257 g/mol. The van der Waals surface area contributed by atoms with Crippen LogP contribution in [-0.4, -0.2) is 19.0 Å². The van der Waals surface area contributed by atoms with E-state index in [-0.39, 0.29) is 11.8 Å². The Kier molecular flexibility index (Phi) is 3.68. The minimum Gasteiger partial charge on any atom is -0.371 e. The number of hydrogen-bond donors (Lipinski definition) is 1. The molecule has 1 heterocycles. The zero-order chi connectivity index (χ0) is 14.0. The molecule has 2 rings (SSSR count). The summed E-state index contributed by atoms with van der Waals surface area (Å²) < 4.78 is 37.4. The Hall–Kier alpha value is -1.72. The van der Waals surface area contributed by atoms with Crippen molar-refractivity contribution >= 4 is 11.6 Å². The van der Waals surface area contributed by atoms with Gasteiger partial charge in [0, 0.05) is 18.8 Å². The van der Waals surface area contributed by atoms with Gasteiger partial charge in [0.25, 0.3) is 0 Å². The lowest BCUT2D eigenvalue weighted by molar-refractivity contribution is -0.137. The van der Waals surface area contributed by atoms with Gasteiger partial charge < -0.3 is 10.6 Å². The molecule has 2 N–H and O–H groups in total. The molecule has 1 fully saturated rings. The molecule has 1 aliphatic heterocycles. The molecule has 3 nitrogen and oxygen atoms in total. The highest BCUT2D eigenvalue weighted by Crippen LogP contribution is 2.31. The van der Waals surface area contributed by atoms with E-state index >= 15 is 0 Å². The second kappa shape index (κ2) is 5.11. The van der Waals surface area contributed by atoms with Gasteiger partial charge >= 0.3 is 6.18 Å². The summed E-state index contributed by atoms with van der Waals surface area (Å²) >= 11 is 0. The number of carbonyl (C=O) groups is 1. The fourth-order valence-corrected chi connectivity index (χ4v) is 2.31. The Morgan fingerprint density at radius 1 is 1.26 bits per heavy atom. The van der Waals surface area contributed by atoms with Gasteiger partial charge in [-0.25, -0.2) is 0 Å². The Bertz CT molecular complexity index is 456. The molecule has 1 unspecified atom stereocenters. The number of anilines is 1. The first kappa shape index (κ1) is 13.7. The molecular formula is C13H15F3N2O. The smallest absolute Gasteiger partial charge is 0.371 e. The standard InChI is InChI=1S/C13H15F3N2O/c14-13(15,16)10-3-5-11(6-4-10)18-7-1-2-9(8-18)12(17)19/h3-6,9H,1-2,7-8H2,(H2,17,19). The van der Waals surface area contributed by atoms with Crippen LogP contribution in [0.25, 0.3) is 0 Å². The van der Waals surface area contributed by atoms with Gasteiger partial charge in [0.2, 0.25) is 5.91 Å². The lowest BCUT2D eigenvalue weighted by Crippen LogP contribution is -2.41. The van der Waals surface area contributed by atoms with Crippen LogP contribution in [0.15, 0.2) is 24.3 Å². The minimum atomic E-state index is -4.32. The van der Waals surface area contributed by atoms with E-state index in [0.29, 0.717) is 12.2 Å². The summed E-state index contributed by atoms with van der Waals surface area (Å²) in [7, 11) is 0. The first-order valence-electron chi connectivity index (χ1n) is 6.09. The van der Waals surface area contributed by atoms with E-state index < -0.39 is 11.7 Å². The first-order valence-corrected chi connectivity index (χ1v) is 6.09. The number of nitrogens with zero attached hydrogens (tertiary/aromatic N) is 1. The maximum absolute atomic E-state index is 12.5. The Morgan fingerprint density at radius 2 is 1.89 bits per heavy atom. The highest BCUT2D eigenvalue weighted by atomic mass is 19.4. The molecule has 6 heteroatoms. The topological polar surface area (TPSA) is 46.3 Å². The van der Waals surface area contributed by atoms with Gasteiger partial charge in [0.15, 0.2) is 0 Å². The van der Waals surface area contributed by atoms with E-state index in [2.05, 4.69) is 0 Å². The number of benzene rings is 1. The van der Waals surface area contributed by atoms with E-state index in [1.165, 1.54) is 12.1 Å². The predicted molar refractivity (Wildman–Crippen MR) is 65.6 cm³/mol. The number of halogens is 3. The molecule has 1 aromatic carbocycles. The maximum atomic E-state index is 12.5. The average Bonchev–Trinajstić information content (AvgIpc) is 2.38. The van der Waals surface area contributed by atoms with Crippen molar-refractivity contribution in [2.75, 3.05) is 18.0 Å². The number of piperidine rings is 1. The van der Waals surface area contributed by atoms with Crippen LogP contribution in [0.4, 0.5) is 18.9 Å².